The zero-order chi connectivity index (χ0) is 41.2. The Morgan fingerprint density at radius 2 is 1.53 bits per heavy atom. The number of rotatable bonds is 16. The predicted octanol–water partition coefficient (Wildman–Crippen LogP) is 3.69. The molecule has 6 N–H and O–H groups in total. The summed E-state index contributed by atoms with van der Waals surface area (Å²) >= 11 is 0. The number of benzene rings is 4. The molecule has 1 aliphatic heterocycles. The highest BCUT2D eigenvalue weighted by Crippen LogP contribution is 2.21. The van der Waals surface area contributed by atoms with Crippen LogP contribution in [-0.4, -0.2) is 94.1 Å². The largest absolute Gasteiger partial charge is 0.381 e. The van der Waals surface area contributed by atoms with Crippen LogP contribution in [-0.2, 0) is 27.2 Å². The average molecular weight is 774 g/mol. The number of H-pyrrole nitrogens is 1. The fraction of sp³-hybridized carbons (Fsp3) is 0.341. The van der Waals surface area contributed by atoms with Crippen molar-refractivity contribution in [3.05, 3.63) is 132 Å². The summed E-state index contributed by atoms with van der Waals surface area (Å²) in [6.45, 7) is 8.30. The van der Waals surface area contributed by atoms with Crippen molar-refractivity contribution in [3.8, 4) is 0 Å². The summed E-state index contributed by atoms with van der Waals surface area (Å²) in [6.07, 6.45) is 1.61. The molecule has 1 aromatic heterocycles. The van der Waals surface area contributed by atoms with Gasteiger partial charge in [-0.3, -0.25) is 24.6 Å². The topological polar surface area (TPSA) is 172 Å². The molecule has 13 nitrogen and oxygen atoms in total. The number of aliphatic hydroxyl groups is 1. The van der Waals surface area contributed by atoms with E-state index in [0.717, 1.165) is 22.0 Å². The van der Waals surface area contributed by atoms with E-state index >= 15 is 0 Å². The quantitative estimate of drug-likeness (QED) is 0.0882. The highest BCUT2D eigenvalue weighted by Gasteiger charge is 2.34. The maximum Gasteiger partial charge on any atom is 0.265 e. The Bertz CT molecular complexity index is 2150. The van der Waals surface area contributed by atoms with Crippen LogP contribution in [0.25, 0.3) is 10.8 Å². The number of fused-ring (bicyclic) bond motifs is 1. The zero-order valence-corrected chi connectivity index (χ0v) is 32.6. The number of piperazine rings is 1. The maximum atomic E-state index is 14.4. The highest BCUT2D eigenvalue weighted by molar-refractivity contribution is 5.99. The second-order valence-electron chi connectivity index (χ2n) is 15.0. The van der Waals surface area contributed by atoms with Gasteiger partial charge in [-0.25, -0.2) is 9.99 Å². The molecule has 0 bridgehead atoms. The minimum atomic E-state index is -1.60. The predicted molar refractivity (Wildman–Crippen MR) is 220 cm³/mol. The Kier molecular flexibility index (Phi) is 13.2. The number of carbonyl (C=O) groups excluding carboxylic acids is 4. The number of nitrogens with zero attached hydrogens (tertiary/aromatic N) is 3. The summed E-state index contributed by atoms with van der Waals surface area (Å²) in [4.78, 5) is 65.1. The van der Waals surface area contributed by atoms with Gasteiger partial charge < -0.3 is 30.9 Å². The Morgan fingerprint density at radius 3 is 2.25 bits per heavy atom. The number of aliphatic hydroxyl groups excluding tert-OH is 1. The van der Waals surface area contributed by atoms with Crippen molar-refractivity contribution in [2.24, 2.45) is 5.92 Å². The first-order valence-corrected chi connectivity index (χ1v) is 19.4. The van der Waals surface area contributed by atoms with Crippen molar-refractivity contribution in [2.75, 3.05) is 31.1 Å². The molecule has 6 rings (SSSR count). The van der Waals surface area contributed by atoms with E-state index in [-0.39, 0.29) is 30.7 Å². The molecular formula is C44H52N8O5. The lowest BCUT2D eigenvalue weighted by atomic mass is 9.97. The number of hydrogen-bond donors (Lipinski definition) is 6. The van der Waals surface area contributed by atoms with E-state index in [9.17, 15) is 24.3 Å². The van der Waals surface area contributed by atoms with Crippen LogP contribution in [0.15, 0.2) is 110 Å². The number of hydrazine groups is 1. The van der Waals surface area contributed by atoms with E-state index in [4.69, 9.17) is 1.41 Å². The first-order chi connectivity index (χ1) is 28.0. The normalized spacial score (nSPS) is 15.6. The Morgan fingerprint density at radius 1 is 0.825 bits per heavy atom. The number of aromatic amines is 1. The summed E-state index contributed by atoms with van der Waals surface area (Å²) in [7, 11) is 0. The summed E-state index contributed by atoms with van der Waals surface area (Å²) in [5.74, 6) is -2.73. The third-order valence-electron chi connectivity index (χ3n) is 10.1. The SMILES string of the molecule is [2H]N(C(=O)c1ccccc1)[C@@H](Cc1cccc2ccccc12)C(=O)N[C@@H](Cc1cnc[nH]1)C(=O)N[C@@H](CC(C)C)[C@H](O)C(=O)NN1CCN(c2cccc(C)c2)CC1. The molecule has 1 saturated heterocycles. The average Bonchev–Trinajstić information content (AvgIpc) is 3.75. The van der Waals surface area contributed by atoms with E-state index in [1.54, 1.807) is 35.3 Å². The van der Waals surface area contributed by atoms with E-state index in [0.29, 0.717) is 37.2 Å². The van der Waals surface area contributed by atoms with Crippen molar-refractivity contribution in [2.45, 2.75) is 64.3 Å². The number of aromatic nitrogens is 2. The van der Waals surface area contributed by atoms with Gasteiger partial charge in [0.05, 0.1) is 12.4 Å². The highest BCUT2D eigenvalue weighted by atomic mass is 16.3. The summed E-state index contributed by atoms with van der Waals surface area (Å²) in [6, 6.07) is 26.3. The number of hydrogen-bond acceptors (Lipinski definition) is 8. The molecule has 0 unspecified atom stereocenters. The van der Waals surface area contributed by atoms with Crippen molar-refractivity contribution in [1.29, 1.82) is 0 Å². The van der Waals surface area contributed by atoms with Crippen molar-refractivity contribution < 1.29 is 25.7 Å². The van der Waals surface area contributed by atoms with Gasteiger partial charge in [-0.05, 0) is 65.4 Å². The van der Waals surface area contributed by atoms with Gasteiger partial charge >= 0.3 is 0 Å². The monoisotopic (exact) mass is 773 g/mol. The maximum absolute atomic E-state index is 14.4. The first-order valence-electron chi connectivity index (χ1n) is 19.9. The molecule has 1 aliphatic rings. The molecule has 4 atom stereocenters. The first kappa shape index (κ1) is 39.2. The van der Waals surface area contributed by atoms with E-state index < -0.39 is 47.9 Å². The van der Waals surface area contributed by atoms with Gasteiger partial charge in [0.2, 0.25) is 11.8 Å². The summed E-state index contributed by atoms with van der Waals surface area (Å²) in [5.41, 5.74) is 6.63. The summed E-state index contributed by atoms with van der Waals surface area (Å²) < 4.78 is 8.99. The van der Waals surface area contributed by atoms with Crippen molar-refractivity contribution >= 4 is 40.1 Å². The second-order valence-corrected chi connectivity index (χ2v) is 15.0. The molecule has 4 amide bonds. The van der Waals surface area contributed by atoms with Crippen LogP contribution >= 0.6 is 0 Å². The van der Waals surface area contributed by atoms with Gasteiger partial charge in [-0.1, -0.05) is 86.6 Å². The Balaban J connectivity index is 1.19. The second kappa shape index (κ2) is 19.2. The van der Waals surface area contributed by atoms with Crippen LogP contribution < -0.4 is 26.3 Å². The third kappa shape index (κ3) is 11.0. The van der Waals surface area contributed by atoms with Crippen LogP contribution in [0.4, 0.5) is 5.69 Å². The molecule has 13 heteroatoms. The number of imidazole rings is 1. The molecule has 2 heterocycles. The minimum absolute atomic E-state index is 0.0121. The third-order valence-corrected chi connectivity index (χ3v) is 10.1. The van der Waals surface area contributed by atoms with E-state index in [1.807, 2.05) is 75.4 Å². The smallest absolute Gasteiger partial charge is 0.265 e. The Labute approximate surface area is 334 Å². The lowest BCUT2D eigenvalue weighted by Gasteiger charge is -2.37. The minimum Gasteiger partial charge on any atom is -0.381 e. The molecule has 0 spiro atoms. The lowest BCUT2D eigenvalue weighted by Crippen LogP contribution is -2.61. The van der Waals surface area contributed by atoms with Crippen molar-refractivity contribution in [1.82, 2.24) is 36.3 Å². The van der Waals surface area contributed by atoms with Gasteiger partial charge in [-0.2, -0.15) is 0 Å². The van der Waals surface area contributed by atoms with Gasteiger partial charge in [0, 0.05) is 62.2 Å². The molecule has 0 radical (unpaired) electrons. The molecule has 57 heavy (non-hydrogen) atoms. The molecular weight excluding hydrogens is 721 g/mol. The number of aryl methyl sites for hydroxylation is 1. The van der Waals surface area contributed by atoms with Gasteiger partial charge in [-0.15, -0.1) is 0 Å². The Hall–Kier alpha value is -6.05. The molecule has 0 saturated carbocycles. The van der Waals surface area contributed by atoms with Crippen LogP contribution in [0.2, 0.25) is 1.41 Å². The molecule has 4 aromatic carbocycles. The summed E-state index contributed by atoms with van der Waals surface area (Å²) in [5, 5.41) is 21.3. The molecule has 5 aromatic rings. The van der Waals surface area contributed by atoms with E-state index in [2.05, 4.69) is 43.1 Å². The zero-order valence-electron chi connectivity index (χ0n) is 33.6. The van der Waals surface area contributed by atoms with Gasteiger partial charge in [0.15, 0.2) is 7.52 Å². The van der Waals surface area contributed by atoms with Crippen LogP contribution in [0, 0.1) is 12.8 Å². The number of carbonyl (C=O) groups is 4. The van der Waals surface area contributed by atoms with Crippen LogP contribution in [0.3, 0.4) is 0 Å². The van der Waals surface area contributed by atoms with Crippen LogP contribution in [0.5, 0.6) is 0 Å². The fourth-order valence-corrected chi connectivity index (χ4v) is 7.13. The van der Waals surface area contributed by atoms with E-state index in [1.165, 1.54) is 18.1 Å². The molecule has 298 valence electrons. The molecule has 1 fully saturated rings. The standard InChI is InChI=1S/C44H52N8O5/c1-29(2)23-37(40(53)44(57)50-52-21-19-51(20-22-52)35-17-9-11-30(3)24-35)47-43(56)39(26-34-27-45-28-46-34)49-42(55)38(48-41(54)32-13-5-4-6-14-32)25-33-16-10-15-31-12-7-8-18-36(31)33/h4-18,24,27-29,37-40,53H,19-23,25-26H2,1-3H3,(H,45,46)(H,47,56)(H,48,54)(H,49,55)(H,50,57)/t37-,38-,39-,40-/m0/s1/i/hD. The van der Waals surface area contributed by atoms with Crippen molar-refractivity contribution in [3.63, 3.8) is 0 Å². The number of anilines is 1. The van der Waals surface area contributed by atoms with Gasteiger partial charge in [0.25, 0.3) is 11.8 Å². The fourth-order valence-electron chi connectivity index (χ4n) is 7.13. The number of amides is 4. The number of nitrogens with one attached hydrogen (secondary N) is 5. The molecule has 0 aliphatic carbocycles. The van der Waals surface area contributed by atoms with Gasteiger partial charge in [0.1, 0.15) is 12.1 Å². The van der Waals surface area contributed by atoms with Crippen LogP contribution in [0.1, 0.15) is 47.4 Å². The lowest BCUT2D eigenvalue weighted by molar-refractivity contribution is -0.138.